The third-order valence-corrected chi connectivity index (χ3v) is 3.13. The molecule has 0 saturated carbocycles. The smallest absolute Gasteiger partial charge is 0.147 e. The quantitative estimate of drug-likeness (QED) is 0.815. The van der Waals surface area contributed by atoms with Crippen LogP contribution in [0.5, 0.6) is 0 Å². The van der Waals surface area contributed by atoms with E-state index < -0.39 is 0 Å². The lowest BCUT2D eigenvalue weighted by atomic mass is 10.1. The fourth-order valence-corrected chi connectivity index (χ4v) is 2.23. The lowest BCUT2D eigenvalue weighted by Gasteiger charge is -2.15. The number of halogens is 2. The summed E-state index contributed by atoms with van der Waals surface area (Å²) in [4.78, 5) is 5.80. The lowest BCUT2D eigenvalue weighted by Crippen LogP contribution is -2.10. The zero-order valence-electron chi connectivity index (χ0n) is 8.87. The first-order valence-electron chi connectivity index (χ1n) is 4.64. The molecule has 1 aromatic carbocycles. The maximum atomic E-state index is 13.7. The molecule has 5 heteroatoms. The second-order valence-electron chi connectivity index (χ2n) is 3.55. The van der Waals surface area contributed by atoms with Crippen molar-refractivity contribution in [3.05, 3.63) is 33.9 Å². The van der Waals surface area contributed by atoms with Crippen molar-refractivity contribution >= 4 is 28.6 Å². The molecule has 0 saturated heterocycles. The van der Waals surface area contributed by atoms with Crippen molar-refractivity contribution in [1.82, 2.24) is 4.98 Å². The minimum atomic E-state index is -0.294. The Labute approximate surface area is 102 Å². The Balaban J connectivity index is 2.54. The van der Waals surface area contributed by atoms with Crippen molar-refractivity contribution in [1.29, 1.82) is 0 Å². The minimum Gasteiger partial charge on any atom is -0.375 e. The van der Waals surface area contributed by atoms with Crippen molar-refractivity contribution < 1.29 is 4.39 Å². The van der Waals surface area contributed by atoms with E-state index in [1.165, 1.54) is 17.4 Å². The molecule has 0 N–H and O–H groups in total. The van der Waals surface area contributed by atoms with E-state index in [4.69, 9.17) is 11.6 Å². The number of thiazole rings is 1. The van der Waals surface area contributed by atoms with Crippen LogP contribution >= 0.6 is 22.9 Å². The van der Waals surface area contributed by atoms with Gasteiger partial charge in [0.15, 0.2) is 0 Å². The Bertz CT molecular complexity index is 497. The second kappa shape index (κ2) is 4.39. The number of benzene rings is 1. The van der Waals surface area contributed by atoms with Gasteiger partial charge in [0.05, 0.1) is 21.9 Å². The first-order chi connectivity index (χ1) is 7.59. The zero-order chi connectivity index (χ0) is 11.7. The Morgan fingerprint density at radius 2 is 2.12 bits per heavy atom. The van der Waals surface area contributed by atoms with Gasteiger partial charge in [0.1, 0.15) is 5.82 Å². The van der Waals surface area contributed by atoms with E-state index in [1.807, 2.05) is 5.38 Å². The van der Waals surface area contributed by atoms with E-state index in [2.05, 4.69) is 4.98 Å². The number of hydrogen-bond acceptors (Lipinski definition) is 3. The highest BCUT2D eigenvalue weighted by Crippen LogP contribution is 2.32. The lowest BCUT2D eigenvalue weighted by molar-refractivity contribution is 0.626. The van der Waals surface area contributed by atoms with Crippen LogP contribution in [-0.4, -0.2) is 19.1 Å². The van der Waals surface area contributed by atoms with Gasteiger partial charge in [-0.05, 0) is 12.1 Å². The largest absolute Gasteiger partial charge is 0.375 e. The highest BCUT2D eigenvalue weighted by molar-refractivity contribution is 7.07. The van der Waals surface area contributed by atoms with Gasteiger partial charge in [-0.25, -0.2) is 9.37 Å². The molecule has 0 unspecified atom stereocenters. The molecule has 0 fully saturated rings. The van der Waals surface area contributed by atoms with Crippen LogP contribution in [0.3, 0.4) is 0 Å². The zero-order valence-corrected chi connectivity index (χ0v) is 10.4. The number of anilines is 1. The van der Waals surface area contributed by atoms with Crippen molar-refractivity contribution in [3.63, 3.8) is 0 Å². The Morgan fingerprint density at radius 3 is 2.69 bits per heavy atom. The van der Waals surface area contributed by atoms with E-state index in [0.29, 0.717) is 22.0 Å². The molecule has 0 aliphatic carbocycles. The molecule has 16 heavy (non-hydrogen) atoms. The van der Waals surface area contributed by atoms with Crippen molar-refractivity contribution in [2.45, 2.75) is 0 Å². The normalized spacial score (nSPS) is 10.5. The van der Waals surface area contributed by atoms with Gasteiger partial charge in [-0.2, -0.15) is 0 Å². The molecule has 2 aromatic rings. The Morgan fingerprint density at radius 1 is 1.38 bits per heavy atom. The second-order valence-corrected chi connectivity index (χ2v) is 4.68. The highest BCUT2D eigenvalue weighted by atomic mass is 35.5. The molecule has 2 rings (SSSR count). The summed E-state index contributed by atoms with van der Waals surface area (Å²) in [6.45, 7) is 0. The predicted molar refractivity (Wildman–Crippen MR) is 66.8 cm³/mol. The molecule has 0 bridgehead atoms. The molecule has 84 valence electrons. The molecule has 0 radical (unpaired) electrons. The summed E-state index contributed by atoms with van der Waals surface area (Å²) in [5.41, 5.74) is 3.51. The fraction of sp³-hybridized carbons (Fsp3) is 0.182. The maximum Gasteiger partial charge on any atom is 0.147 e. The molecule has 1 heterocycles. The van der Waals surface area contributed by atoms with Gasteiger partial charge in [0.25, 0.3) is 0 Å². The van der Waals surface area contributed by atoms with E-state index in [-0.39, 0.29) is 5.82 Å². The van der Waals surface area contributed by atoms with Gasteiger partial charge in [-0.1, -0.05) is 11.6 Å². The van der Waals surface area contributed by atoms with Gasteiger partial charge in [-0.15, -0.1) is 11.3 Å². The van der Waals surface area contributed by atoms with E-state index >= 15 is 0 Å². The van der Waals surface area contributed by atoms with Crippen LogP contribution in [0.4, 0.5) is 10.1 Å². The molecule has 0 aliphatic rings. The molecular formula is C11H10ClFN2S. The molecule has 2 nitrogen and oxygen atoms in total. The molecule has 0 amide bonds. The van der Waals surface area contributed by atoms with Crippen LogP contribution in [0.15, 0.2) is 23.0 Å². The van der Waals surface area contributed by atoms with Crippen LogP contribution in [0, 0.1) is 5.82 Å². The highest BCUT2D eigenvalue weighted by Gasteiger charge is 2.12. The molecule has 0 aliphatic heterocycles. The van der Waals surface area contributed by atoms with Crippen molar-refractivity contribution in [2.24, 2.45) is 0 Å². The number of nitrogens with zero attached hydrogens (tertiary/aromatic N) is 2. The summed E-state index contributed by atoms with van der Waals surface area (Å²) < 4.78 is 13.7. The number of hydrogen-bond donors (Lipinski definition) is 0. The Kier molecular flexibility index (Phi) is 3.12. The third kappa shape index (κ3) is 2.03. The van der Waals surface area contributed by atoms with Crippen LogP contribution in [-0.2, 0) is 0 Å². The van der Waals surface area contributed by atoms with Crippen LogP contribution < -0.4 is 4.90 Å². The van der Waals surface area contributed by atoms with E-state index in [9.17, 15) is 4.39 Å². The Hall–Kier alpha value is -1.13. The van der Waals surface area contributed by atoms with E-state index in [1.54, 1.807) is 30.6 Å². The molecule has 0 spiro atoms. The van der Waals surface area contributed by atoms with Gasteiger partial charge < -0.3 is 4.90 Å². The average molecular weight is 257 g/mol. The molecular weight excluding hydrogens is 247 g/mol. The van der Waals surface area contributed by atoms with Gasteiger partial charge >= 0.3 is 0 Å². The average Bonchev–Trinajstić information content (AvgIpc) is 2.73. The van der Waals surface area contributed by atoms with Crippen LogP contribution in [0.2, 0.25) is 5.02 Å². The standard InChI is InChI=1S/C11H10ClFN2S/c1-15(2)11-4-8(12)7(3-9(11)13)10-5-16-6-14-10/h3-6H,1-2H3. The summed E-state index contributed by atoms with van der Waals surface area (Å²) in [6, 6.07) is 3.04. The summed E-state index contributed by atoms with van der Waals surface area (Å²) in [7, 11) is 3.55. The van der Waals surface area contributed by atoms with Crippen LogP contribution in [0.1, 0.15) is 0 Å². The van der Waals surface area contributed by atoms with Crippen LogP contribution in [0.25, 0.3) is 11.3 Å². The first kappa shape index (κ1) is 11.4. The number of aromatic nitrogens is 1. The maximum absolute atomic E-state index is 13.7. The fourth-order valence-electron chi connectivity index (χ4n) is 1.42. The summed E-state index contributed by atoms with van der Waals surface area (Å²) in [5, 5.41) is 2.35. The SMILES string of the molecule is CN(C)c1cc(Cl)c(-c2cscn2)cc1F. The first-order valence-corrected chi connectivity index (χ1v) is 5.96. The summed E-state index contributed by atoms with van der Waals surface area (Å²) in [5.74, 6) is -0.294. The predicted octanol–water partition coefficient (Wildman–Crippen LogP) is 3.67. The molecule has 0 atom stereocenters. The molecule has 1 aromatic heterocycles. The van der Waals surface area contributed by atoms with Gasteiger partial charge in [0, 0.05) is 25.0 Å². The summed E-state index contributed by atoms with van der Waals surface area (Å²) in [6.07, 6.45) is 0. The van der Waals surface area contributed by atoms with Crippen molar-refractivity contribution in [2.75, 3.05) is 19.0 Å². The van der Waals surface area contributed by atoms with E-state index in [0.717, 1.165) is 0 Å². The number of rotatable bonds is 2. The topological polar surface area (TPSA) is 16.1 Å². The third-order valence-electron chi connectivity index (χ3n) is 2.23. The van der Waals surface area contributed by atoms with Gasteiger partial charge in [0.2, 0.25) is 0 Å². The monoisotopic (exact) mass is 256 g/mol. The van der Waals surface area contributed by atoms with Gasteiger partial charge in [-0.3, -0.25) is 0 Å². The summed E-state index contributed by atoms with van der Waals surface area (Å²) >= 11 is 7.57. The minimum absolute atomic E-state index is 0.294. The van der Waals surface area contributed by atoms with Crippen molar-refractivity contribution in [3.8, 4) is 11.3 Å².